The van der Waals surface area contributed by atoms with Gasteiger partial charge in [-0.15, -0.1) is 0 Å². The van der Waals surface area contributed by atoms with E-state index < -0.39 is 6.43 Å². The molecule has 4 nitrogen and oxygen atoms in total. The lowest BCUT2D eigenvalue weighted by molar-refractivity contribution is 0.150. The predicted octanol–water partition coefficient (Wildman–Crippen LogP) is 3.69. The normalized spacial score (nSPS) is 11.0. The summed E-state index contributed by atoms with van der Waals surface area (Å²) in [6, 6.07) is 3.32. The Labute approximate surface area is 138 Å². The van der Waals surface area contributed by atoms with E-state index in [1.807, 2.05) is 13.0 Å². The lowest BCUT2D eigenvalue weighted by atomic mass is 10.0. The summed E-state index contributed by atoms with van der Waals surface area (Å²) in [5.74, 6) is 0. The van der Waals surface area contributed by atoms with Gasteiger partial charge in [-0.05, 0) is 29.7 Å². The molecule has 0 fully saturated rings. The number of aryl methyl sites for hydroxylation is 1. The third-order valence-corrected chi connectivity index (χ3v) is 3.61. The Balaban J connectivity index is 1.81. The second kappa shape index (κ2) is 7.21. The molecular weight excluding hydrogens is 310 g/mol. The Morgan fingerprint density at radius 2 is 1.67 bits per heavy atom. The van der Waals surface area contributed by atoms with Crippen LogP contribution in [0.3, 0.4) is 0 Å². The van der Waals surface area contributed by atoms with Crippen LogP contribution < -0.4 is 0 Å². The van der Waals surface area contributed by atoms with Crippen LogP contribution in [0.2, 0.25) is 0 Å². The molecule has 0 amide bonds. The van der Waals surface area contributed by atoms with Crippen LogP contribution in [0.4, 0.5) is 8.78 Å². The van der Waals surface area contributed by atoms with E-state index in [-0.39, 0.29) is 5.56 Å². The minimum atomic E-state index is -2.51. The summed E-state index contributed by atoms with van der Waals surface area (Å²) >= 11 is 0. The summed E-state index contributed by atoms with van der Waals surface area (Å²) in [6.07, 6.45) is 8.19. The van der Waals surface area contributed by atoms with Crippen molar-refractivity contribution in [3.8, 4) is 0 Å². The largest absolute Gasteiger partial charge is 0.264 e. The van der Waals surface area contributed by atoms with E-state index >= 15 is 0 Å². The zero-order valence-corrected chi connectivity index (χ0v) is 13.2. The summed E-state index contributed by atoms with van der Waals surface area (Å²) < 4.78 is 26.2. The highest BCUT2D eigenvalue weighted by Gasteiger charge is 2.13. The second-order valence-corrected chi connectivity index (χ2v) is 5.58. The highest BCUT2D eigenvalue weighted by molar-refractivity contribution is 5.32. The number of pyridine rings is 2. The molecule has 0 aliphatic carbocycles. The van der Waals surface area contributed by atoms with Gasteiger partial charge in [0.1, 0.15) is 0 Å². The van der Waals surface area contributed by atoms with Gasteiger partial charge in [0, 0.05) is 55.6 Å². The quantitative estimate of drug-likeness (QED) is 0.717. The van der Waals surface area contributed by atoms with Gasteiger partial charge in [0.05, 0.1) is 11.4 Å². The van der Waals surface area contributed by atoms with E-state index in [0.29, 0.717) is 18.4 Å². The zero-order chi connectivity index (χ0) is 16.9. The van der Waals surface area contributed by atoms with Gasteiger partial charge in [0.2, 0.25) is 0 Å². The average Bonchev–Trinajstić information content (AvgIpc) is 2.55. The Morgan fingerprint density at radius 1 is 0.917 bits per heavy atom. The van der Waals surface area contributed by atoms with Gasteiger partial charge in [-0.3, -0.25) is 19.9 Å². The van der Waals surface area contributed by atoms with Gasteiger partial charge in [0.25, 0.3) is 6.43 Å². The molecule has 122 valence electrons. The molecule has 0 atom stereocenters. The minimum absolute atomic E-state index is 0.0138. The van der Waals surface area contributed by atoms with E-state index in [9.17, 15) is 8.78 Å². The van der Waals surface area contributed by atoms with Gasteiger partial charge in [-0.1, -0.05) is 6.07 Å². The fourth-order valence-electron chi connectivity index (χ4n) is 2.56. The molecule has 0 spiro atoms. The number of alkyl halides is 2. The van der Waals surface area contributed by atoms with Crippen LogP contribution in [0.25, 0.3) is 0 Å². The SMILES string of the molecule is Cc1cncc(Cc2cncc(Cc3cnccc3C(F)F)c2)n1. The van der Waals surface area contributed by atoms with Gasteiger partial charge in [-0.2, -0.15) is 0 Å². The first-order chi connectivity index (χ1) is 11.6. The number of halogens is 2. The molecule has 3 aromatic heterocycles. The number of nitrogens with zero attached hydrogens (tertiary/aromatic N) is 4. The van der Waals surface area contributed by atoms with E-state index in [1.54, 1.807) is 24.8 Å². The maximum Gasteiger partial charge on any atom is 0.264 e. The molecule has 0 saturated heterocycles. The van der Waals surface area contributed by atoms with Crippen LogP contribution >= 0.6 is 0 Å². The molecule has 0 bridgehead atoms. The standard InChI is InChI=1S/C18H16F2N4/c1-12-7-22-11-16(24-12)6-14-4-13(8-23-9-14)5-15-10-21-3-2-17(15)18(19)20/h2-4,7-11,18H,5-6H2,1H3. The molecule has 0 aromatic carbocycles. The highest BCUT2D eigenvalue weighted by Crippen LogP contribution is 2.24. The molecule has 24 heavy (non-hydrogen) atoms. The van der Waals surface area contributed by atoms with Gasteiger partial charge < -0.3 is 0 Å². The molecule has 0 aliphatic heterocycles. The molecule has 0 unspecified atom stereocenters. The van der Waals surface area contributed by atoms with Crippen molar-refractivity contribution in [1.82, 2.24) is 19.9 Å². The first-order valence-electron chi connectivity index (χ1n) is 7.53. The summed E-state index contributed by atoms with van der Waals surface area (Å²) in [6.45, 7) is 1.89. The zero-order valence-electron chi connectivity index (χ0n) is 13.2. The van der Waals surface area contributed by atoms with Crippen molar-refractivity contribution >= 4 is 0 Å². The fourth-order valence-corrected chi connectivity index (χ4v) is 2.56. The maximum atomic E-state index is 13.1. The number of hydrogen-bond acceptors (Lipinski definition) is 4. The topological polar surface area (TPSA) is 51.6 Å². The van der Waals surface area contributed by atoms with Crippen molar-refractivity contribution in [1.29, 1.82) is 0 Å². The van der Waals surface area contributed by atoms with E-state index in [1.165, 1.54) is 18.5 Å². The average molecular weight is 326 g/mol. The number of rotatable bonds is 5. The Bertz CT molecular complexity index is 837. The van der Waals surface area contributed by atoms with Crippen molar-refractivity contribution in [3.63, 3.8) is 0 Å². The predicted molar refractivity (Wildman–Crippen MR) is 85.8 cm³/mol. The molecule has 6 heteroatoms. The lowest BCUT2D eigenvalue weighted by Crippen LogP contribution is -2.00. The van der Waals surface area contributed by atoms with Gasteiger partial charge in [0.15, 0.2) is 0 Å². The summed E-state index contributed by atoms with van der Waals surface area (Å²) in [5, 5.41) is 0. The second-order valence-electron chi connectivity index (χ2n) is 5.58. The minimum Gasteiger partial charge on any atom is -0.264 e. The molecule has 0 aliphatic rings. The van der Waals surface area contributed by atoms with Crippen LogP contribution in [-0.2, 0) is 12.8 Å². The molecule has 0 saturated carbocycles. The van der Waals surface area contributed by atoms with Crippen LogP contribution in [0.15, 0.2) is 49.3 Å². The third kappa shape index (κ3) is 3.95. The first-order valence-corrected chi connectivity index (χ1v) is 7.53. The van der Waals surface area contributed by atoms with Crippen LogP contribution in [0.5, 0.6) is 0 Å². The van der Waals surface area contributed by atoms with Crippen molar-refractivity contribution < 1.29 is 8.78 Å². The van der Waals surface area contributed by atoms with Crippen molar-refractivity contribution in [2.75, 3.05) is 0 Å². The number of hydrogen-bond donors (Lipinski definition) is 0. The Morgan fingerprint density at radius 3 is 2.42 bits per heavy atom. The molecule has 0 N–H and O–H groups in total. The molecule has 0 radical (unpaired) electrons. The third-order valence-electron chi connectivity index (χ3n) is 3.61. The maximum absolute atomic E-state index is 13.1. The lowest BCUT2D eigenvalue weighted by Gasteiger charge is -2.09. The summed E-state index contributed by atoms with van der Waals surface area (Å²) in [7, 11) is 0. The molecule has 3 aromatic rings. The van der Waals surface area contributed by atoms with Crippen LogP contribution in [-0.4, -0.2) is 19.9 Å². The monoisotopic (exact) mass is 326 g/mol. The van der Waals surface area contributed by atoms with Crippen molar-refractivity contribution in [2.24, 2.45) is 0 Å². The van der Waals surface area contributed by atoms with E-state index in [0.717, 1.165) is 22.5 Å². The highest BCUT2D eigenvalue weighted by atomic mass is 19.3. The molecule has 3 rings (SSSR count). The van der Waals surface area contributed by atoms with E-state index in [4.69, 9.17) is 0 Å². The smallest absolute Gasteiger partial charge is 0.264 e. The van der Waals surface area contributed by atoms with Crippen LogP contribution in [0.1, 0.15) is 40.1 Å². The molecule has 3 heterocycles. The summed E-state index contributed by atoms with van der Waals surface area (Å²) in [5.41, 5.74) is 4.07. The first kappa shape index (κ1) is 16.1. The fraction of sp³-hybridized carbons (Fsp3) is 0.222. The van der Waals surface area contributed by atoms with Crippen LogP contribution in [0, 0.1) is 6.92 Å². The Hall–Kier alpha value is -2.76. The van der Waals surface area contributed by atoms with Crippen molar-refractivity contribution in [3.05, 3.63) is 83.0 Å². The van der Waals surface area contributed by atoms with E-state index in [2.05, 4.69) is 19.9 Å². The number of aromatic nitrogens is 4. The summed E-state index contributed by atoms with van der Waals surface area (Å²) in [4.78, 5) is 16.7. The van der Waals surface area contributed by atoms with Gasteiger partial charge >= 0.3 is 0 Å². The van der Waals surface area contributed by atoms with Gasteiger partial charge in [-0.25, -0.2) is 8.78 Å². The van der Waals surface area contributed by atoms with Crippen molar-refractivity contribution in [2.45, 2.75) is 26.2 Å². The molecular formula is C18H16F2N4. The Kier molecular flexibility index (Phi) is 4.84.